The Bertz CT molecular complexity index is 768. The second-order valence-electron chi connectivity index (χ2n) is 4.09. The van der Waals surface area contributed by atoms with E-state index in [0.29, 0.717) is 10.8 Å². The SMILES string of the molecule is O=Cc1cc(Br)ccc1OS(=O)(=O)/C=C/c1ccccc1. The van der Waals surface area contributed by atoms with Crippen LogP contribution in [0.2, 0.25) is 0 Å². The van der Waals surface area contributed by atoms with Crippen molar-refractivity contribution in [1.82, 2.24) is 0 Å². The van der Waals surface area contributed by atoms with Gasteiger partial charge in [-0.2, -0.15) is 8.42 Å². The first-order chi connectivity index (χ1) is 10.00. The van der Waals surface area contributed by atoms with Gasteiger partial charge < -0.3 is 4.18 Å². The number of carbonyl (C=O) groups is 1. The van der Waals surface area contributed by atoms with Crippen molar-refractivity contribution < 1.29 is 17.4 Å². The summed E-state index contributed by atoms with van der Waals surface area (Å²) in [5, 5.41) is 0.957. The fourth-order valence-electron chi connectivity index (χ4n) is 1.57. The number of halogens is 1. The molecule has 0 atom stereocenters. The zero-order valence-corrected chi connectivity index (χ0v) is 13.2. The van der Waals surface area contributed by atoms with Crippen molar-refractivity contribution in [2.75, 3.05) is 0 Å². The molecule has 0 unspecified atom stereocenters. The van der Waals surface area contributed by atoms with E-state index in [1.807, 2.05) is 6.07 Å². The maximum atomic E-state index is 11.9. The lowest BCUT2D eigenvalue weighted by Crippen LogP contribution is -2.06. The fourth-order valence-corrected chi connectivity index (χ4v) is 2.73. The number of rotatable bonds is 5. The second kappa shape index (κ2) is 6.69. The van der Waals surface area contributed by atoms with Crippen molar-refractivity contribution in [2.45, 2.75) is 0 Å². The summed E-state index contributed by atoms with van der Waals surface area (Å²) in [5.41, 5.74) is 0.886. The van der Waals surface area contributed by atoms with Crippen LogP contribution in [0, 0.1) is 0 Å². The highest BCUT2D eigenvalue weighted by Gasteiger charge is 2.12. The summed E-state index contributed by atoms with van der Waals surface area (Å²) >= 11 is 3.20. The number of benzene rings is 2. The van der Waals surface area contributed by atoms with Gasteiger partial charge in [0.25, 0.3) is 0 Å². The van der Waals surface area contributed by atoms with Gasteiger partial charge >= 0.3 is 10.1 Å². The quantitative estimate of drug-likeness (QED) is 0.598. The monoisotopic (exact) mass is 366 g/mol. The van der Waals surface area contributed by atoms with Crippen LogP contribution in [0.3, 0.4) is 0 Å². The third-order valence-electron chi connectivity index (χ3n) is 2.53. The van der Waals surface area contributed by atoms with Crippen molar-refractivity contribution in [2.24, 2.45) is 0 Å². The van der Waals surface area contributed by atoms with E-state index < -0.39 is 10.1 Å². The van der Waals surface area contributed by atoms with Crippen LogP contribution in [0.25, 0.3) is 6.08 Å². The third-order valence-corrected chi connectivity index (χ3v) is 3.91. The number of carbonyl (C=O) groups excluding carboxylic acids is 1. The van der Waals surface area contributed by atoms with E-state index >= 15 is 0 Å². The first kappa shape index (κ1) is 15.5. The molecule has 0 amide bonds. The van der Waals surface area contributed by atoms with E-state index in [9.17, 15) is 13.2 Å². The Kier molecular flexibility index (Phi) is 4.93. The van der Waals surface area contributed by atoms with Crippen LogP contribution >= 0.6 is 15.9 Å². The molecule has 0 aliphatic heterocycles. The second-order valence-corrected chi connectivity index (χ2v) is 6.43. The Labute approximate surface area is 131 Å². The minimum absolute atomic E-state index is 0.00842. The summed E-state index contributed by atoms with van der Waals surface area (Å²) in [5.74, 6) is -0.00842. The van der Waals surface area contributed by atoms with Crippen molar-refractivity contribution in [1.29, 1.82) is 0 Å². The van der Waals surface area contributed by atoms with Crippen LogP contribution < -0.4 is 4.18 Å². The Morgan fingerprint density at radius 3 is 2.43 bits per heavy atom. The first-order valence-electron chi connectivity index (χ1n) is 5.92. The number of hydrogen-bond acceptors (Lipinski definition) is 4. The molecule has 0 saturated carbocycles. The van der Waals surface area contributed by atoms with E-state index in [2.05, 4.69) is 15.9 Å². The van der Waals surface area contributed by atoms with Gasteiger partial charge in [0.15, 0.2) is 12.0 Å². The summed E-state index contributed by atoms with van der Waals surface area (Å²) in [4.78, 5) is 10.9. The van der Waals surface area contributed by atoms with Crippen molar-refractivity contribution >= 4 is 38.4 Å². The first-order valence-corrected chi connectivity index (χ1v) is 8.19. The van der Waals surface area contributed by atoms with Crippen LogP contribution in [-0.4, -0.2) is 14.7 Å². The van der Waals surface area contributed by atoms with Gasteiger partial charge in [-0.15, -0.1) is 0 Å². The molecular formula is C15H11BrO4S. The molecule has 0 saturated heterocycles. The summed E-state index contributed by atoms with van der Waals surface area (Å²) < 4.78 is 29.4. The molecule has 108 valence electrons. The minimum Gasteiger partial charge on any atom is -0.379 e. The molecular weight excluding hydrogens is 356 g/mol. The Hall–Kier alpha value is -1.92. The summed E-state index contributed by atoms with van der Waals surface area (Å²) in [6.45, 7) is 0. The molecule has 0 bridgehead atoms. The standard InChI is InChI=1S/C15H11BrO4S/c16-14-6-7-15(13(10-14)11-17)20-21(18,19)9-8-12-4-2-1-3-5-12/h1-11H/b9-8+. The lowest BCUT2D eigenvalue weighted by Gasteiger charge is -2.06. The molecule has 0 fully saturated rings. The highest BCUT2D eigenvalue weighted by molar-refractivity contribution is 9.10. The molecule has 21 heavy (non-hydrogen) atoms. The van der Waals surface area contributed by atoms with Crippen molar-refractivity contribution in [3.63, 3.8) is 0 Å². The molecule has 6 heteroatoms. The molecule has 2 rings (SSSR count). The van der Waals surface area contributed by atoms with Gasteiger partial charge in [-0.3, -0.25) is 4.79 Å². The summed E-state index contributed by atoms with van der Waals surface area (Å²) in [6, 6.07) is 13.5. The largest absolute Gasteiger partial charge is 0.379 e. The summed E-state index contributed by atoms with van der Waals surface area (Å²) in [6.07, 6.45) is 1.96. The molecule has 2 aromatic carbocycles. The fraction of sp³-hybridized carbons (Fsp3) is 0. The predicted octanol–water partition coefficient (Wildman–Crippen LogP) is 3.64. The van der Waals surface area contributed by atoms with Gasteiger partial charge in [0.1, 0.15) is 0 Å². The van der Waals surface area contributed by atoms with Crippen LogP contribution in [0.1, 0.15) is 15.9 Å². The zero-order chi connectivity index (χ0) is 15.3. The number of hydrogen-bond donors (Lipinski definition) is 0. The van der Waals surface area contributed by atoms with Crippen LogP contribution in [0.5, 0.6) is 5.75 Å². The third kappa shape index (κ3) is 4.54. The molecule has 0 aliphatic carbocycles. The highest BCUT2D eigenvalue weighted by atomic mass is 79.9. The lowest BCUT2D eigenvalue weighted by atomic mass is 10.2. The van der Waals surface area contributed by atoms with Gasteiger partial charge in [0.2, 0.25) is 0 Å². The molecule has 0 spiro atoms. The van der Waals surface area contributed by atoms with Gasteiger partial charge in [0, 0.05) is 4.47 Å². The van der Waals surface area contributed by atoms with E-state index in [0.717, 1.165) is 11.0 Å². The van der Waals surface area contributed by atoms with Crippen LogP contribution in [-0.2, 0) is 10.1 Å². The maximum Gasteiger partial charge on any atom is 0.332 e. The van der Waals surface area contributed by atoms with Gasteiger partial charge in [-0.05, 0) is 29.8 Å². The topological polar surface area (TPSA) is 60.4 Å². The van der Waals surface area contributed by atoms with E-state index in [1.165, 1.54) is 18.2 Å². The molecule has 4 nitrogen and oxygen atoms in total. The van der Waals surface area contributed by atoms with Gasteiger partial charge in [-0.1, -0.05) is 46.3 Å². The summed E-state index contributed by atoms with van der Waals surface area (Å²) in [7, 11) is -3.93. The molecule has 0 heterocycles. The van der Waals surface area contributed by atoms with Gasteiger partial charge in [0.05, 0.1) is 11.0 Å². The maximum absolute atomic E-state index is 11.9. The lowest BCUT2D eigenvalue weighted by molar-refractivity contribution is 0.112. The minimum atomic E-state index is -3.93. The van der Waals surface area contributed by atoms with E-state index in [4.69, 9.17) is 4.18 Å². The number of aldehydes is 1. The van der Waals surface area contributed by atoms with E-state index in [-0.39, 0.29) is 11.3 Å². The smallest absolute Gasteiger partial charge is 0.332 e. The van der Waals surface area contributed by atoms with Gasteiger partial charge in [-0.25, -0.2) is 0 Å². The highest BCUT2D eigenvalue weighted by Crippen LogP contribution is 2.23. The van der Waals surface area contributed by atoms with Crippen LogP contribution in [0.4, 0.5) is 0 Å². The Balaban J connectivity index is 2.22. The van der Waals surface area contributed by atoms with Crippen LogP contribution in [0.15, 0.2) is 58.4 Å². The molecule has 0 N–H and O–H groups in total. The Morgan fingerprint density at radius 1 is 1.05 bits per heavy atom. The molecule has 0 radical (unpaired) electrons. The molecule has 0 aliphatic rings. The molecule has 0 aromatic heterocycles. The van der Waals surface area contributed by atoms with E-state index in [1.54, 1.807) is 30.3 Å². The molecule has 2 aromatic rings. The Morgan fingerprint density at radius 2 is 1.76 bits per heavy atom. The predicted molar refractivity (Wildman–Crippen MR) is 84.6 cm³/mol. The normalized spacial score (nSPS) is 11.5. The average molecular weight is 367 g/mol. The average Bonchev–Trinajstić information content (AvgIpc) is 2.48. The zero-order valence-electron chi connectivity index (χ0n) is 10.8. The van der Waals surface area contributed by atoms with Crippen molar-refractivity contribution in [3.05, 3.63) is 69.5 Å². The van der Waals surface area contributed by atoms with Crippen molar-refractivity contribution in [3.8, 4) is 5.75 Å².